The van der Waals surface area contributed by atoms with Crippen LogP contribution in [0.25, 0.3) is 0 Å². The average Bonchev–Trinajstić information content (AvgIpc) is 2.38. The third kappa shape index (κ3) is 5.80. The van der Waals surface area contributed by atoms with E-state index in [1.54, 1.807) is 18.2 Å². The maximum absolute atomic E-state index is 12.6. The molecule has 0 fully saturated rings. The Bertz CT molecular complexity index is 460. The molecular formula is C13H16BrF4NO2. The highest BCUT2D eigenvalue weighted by Crippen LogP contribution is 2.26. The Balaban J connectivity index is 2.44. The van der Waals surface area contributed by atoms with Gasteiger partial charge in [0.15, 0.2) is 0 Å². The summed E-state index contributed by atoms with van der Waals surface area (Å²) in [6.45, 7) is -1.57. The number of halogens is 5. The van der Waals surface area contributed by atoms with E-state index < -0.39 is 25.0 Å². The third-order valence-electron chi connectivity index (χ3n) is 2.66. The molecule has 0 heterocycles. The second-order valence-electron chi connectivity index (χ2n) is 4.51. The van der Waals surface area contributed by atoms with Crippen LogP contribution in [0.15, 0.2) is 22.7 Å². The lowest BCUT2D eigenvalue weighted by Crippen LogP contribution is -2.36. The van der Waals surface area contributed by atoms with Crippen molar-refractivity contribution >= 4 is 15.9 Å². The Kier molecular flexibility index (Phi) is 6.89. The number of benzene rings is 1. The molecule has 0 amide bonds. The van der Waals surface area contributed by atoms with E-state index in [-0.39, 0.29) is 6.61 Å². The van der Waals surface area contributed by atoms with Crippen molar-refractivity contribution in [1.29, 1.82) is 0 Å². The smallest absolute Gasteiger partial charge is 0.330 e. The van der Waals surface area contributed by atoms with E-state index in [1.807, 2.05) is 0 Å². The number of rotatable bonds is 8. The van der Waals surface area contributed by atoms with Crippen LogP contribution in [-0.2, 0) is 11.2 Å². The molecule has 2 N–H and O–H groups in total. The van der Waals surface area contributed by atoms with Crippen molar-refractivity contribution in [3.63, 3.8) is 0 Å². The molecule has 3 nitrogen and oxygen atoms in total. The Hall–Kier alpha value is -0.860. The highest BCUT2D eigenvalue weighted by molar-refractivity contribution is 9.10. The lowest BCUT2D eigenvalue weighted by molar-refractivity contribution is -0.166. The minimum absolute atomic E-state index is 0.230. The normalized spacial score (nSPS) is 13.5. The molecule has 0 aliphatic carbocycles. The number of ether oxygens (including phenoxy) is 2. The van der Waals surface area contributed by atoms with E-state index >= 15 is 0 Å². The van der Waals surface area contributed by atoms with Crippen LogP contribution in [0, 0.1) is 0 Å². The van der Waals surface area contributed by atoms with Crippen molar-refractivity contribution in [2.75, 3.05) is 20.3 Å². The number of alkyl halides is 4. The molecule has 1 unspecified atom stereocenters. The van der Waals surface area contributed by atoms with Gasteiger partial charge in [-0.05, 0) is 40.0 Å². The molecule has 0 aliphatic rings. The van der Waals surface area contributed by atoms with Crippen molar-refractivity contribution < 1.29 is 27.0 Å². The second kappa shape index (κ2) is 7.95. The van der Waals surface area contributed by atoms with Gasteiger partial charge in [-0.2, -0.15) is 8.78 Å². The Morgan fingerprint density at radius 3 is 2.52 bits per heavy atom. The Labute approximate surface area is 128 Å². The highest BCUT2D eigenvalue weighted by Gasteiger charge is 2.41. The molecule has 0 bridgehead atoms. The molecule has 0 saturated heterocycles. The van der Waals surface area contributed by atoms with Crippen molar-refractivity contribution in [2.24, 2.45) is 5.73 Å². The summed E-state index contributed by atoms with van der Waals surface area (Å²) in [5, 5.41) is 0. The van der Waals surface area contributed by atoms with Crippen LogP contribution < -0.4 is 10.5 Å². The second-order valence-corrected chi connectivity index (χ2v) is 5.36. The fourth-order valence-corrected chi connectivity index (χ4v) is 2.20. The number of nitrogens with two attached hydrogens (primary N) is 1. The van der Waals surface area contributed by atoms with E-state index in [2.05, 4.69) is 20.7 Å². The van der Waals surface area contributed by atoms with Crippen molar-refractivity contribution in [2.45, 2.75) is 24.8 Å². The largest absolute Gasteiger partial charge is 0.496 e. The Morgan fingerprint density at radius 1 is 1.33 bits per heavy atom. The first-order chi connectivity index (χ1) is 9.76. The molecule has 8 heteroatoms. The van der Waals surface area contributed by atoms with Gasteiger partial charge in [0.1, 0.15) is 12.4 Å². The molecule has 1 atom stereocenters. The fourth-order valence-electron chi connectivity index (χ4n) is 1.61. The van der Waals surface area contributed by atoms with Gasteiger partial charge >= 0.3 is 12.3 Å². The van der Waals surface area contributed by atoms with Gasteiger partial charge in [0.2, 0.25) is 0 Å². The first-order valence-corrected chi connectivity index (χ1v) is 6.87. The number of methoxy groups -OCH3 is 1. The predicted molar refractivity (Wildman–Crippen MR) is 74.1 cm³/mol. The molecule has 0 aromatic heterocycles. The minimum atomic E-state index is -4.15. The molecular weight excluding hydrogens is 358 g/mol. The van der Waals surface area contributed by atoms with Gasteiger partial charge in [-0.15, -0.1) is 0 Å². The first kappa shape index (κ1) is 18.2. The maximum atomic E-state index is 12.6. The van der Waals surface area contributed by atoms with Crippen LogP contribution >= 0.6 is 15.9 Å². The van der Waals surface area contributed by atoms with Gasteiger partial charge in [0, 0.05) is 6.04 Å². The highest BCUT2D eigenvalue weighted by atomic mass is 79.9. The number of hydrogen-bond acceptors (Lipinski definition) is 3. The lowest BCUT2D eigenvalue weighted by Gasteiger charge is -2.17. The SMILES string of the molecule is COc1ccc(CC(N)COCC(F)(F)C(F)F)cc1Br. The van der Waals surface area contributed by atoms with Gasteiger partial charge in [-0.1, -0.05) is 6.07 Å². The third-order valence-corrected chi connectivity index (χ3v) is 3.28. The molecule has 0 saturated carbocycles. The van der Waals surface area contributed by atoms with E-state index in [9.17, 15) is 17.6 Å². The minimum Gasteiger partial charge on any atom is -0.496 e. The maximum Gasteiger partial charge on any atom is 0.330 e. The van der Waals surface area contributed by atoms with Crippen LogP contribution in [0.2, 0.25) is 0 Å². The van der Waals surface area contributed by atoms with Crippen LogP contribution in [0.1, 0.15) is 5.56 Å². The molecule has 0 radical (unpaired) electrons. The average molecular weight is 374 g/mol. The van der Waals surface area contributed by atoms with Gasteiger partial charge in [0.05, 0.1) is 18.2 Å². The van der Waals surface area contributed by atoms with Crippen LogP contribution in [0.5, 0.6) is 5.75 Å². The van der Waals surface area contributed by atoms with Crippen molar-refractivity contribution in [1.82, 2.24) is 0 Å². The van der Waals surface area contributed by atoms with Crippen molar-refractivity contribution in [3.8, 4) is 5.75 Å². The molecule has 1 aromatic rings. The molecule has 0 spiro atoms. The van der Waals surface area contributed by atoms with Crippen molar-refractivity contribution in [3.05, 3.63) is 28.2 Å². The quantitative estimate of drug-likeness (QED) is 0.711. The zero-order valence-electron chi connectivity index (χ0n) is 11.3. The van der Waals surface area contributed by atoms with Gasteiger partial charge < -0.3 is 15.2 Å². The van der Waals surface area contributed by atoms with Gasteiger partial charge in [-0.25, -0.2) is 8.78 Å². The first-order valence-electron chi connectivity index (χ1n) is 6.08. The molecule has 1 aromatic carbocycles. The van der Waals surface area contributed by atoms with E-state index in [1.165, 1.54) is 7.11 Å². The summed E-state index contributed by atoms with van der Waals surface area (Å²) >= 11 is 3.31. The zero-order valence-corrected chi connectivity index (χ0v) is 12.9. The zero-order chi connectivity index (χ0) is 16.0. The van der Waals surface area contributed by atoms with Crippen LogP contribution in [0.4, 0.5) is 17.6 Å². The summed E-state index contributed by atoms with van der Waals surface area (Å²) in [4.78, 5) is 0. The molecule has 1 rings (SSSR count). The summed E-state index contributed by atoms with van der Waals surface area (Å²) in [5.74, 6) is -3.50. The predicted octanol–water partition coefficient (Wildman–Crippen LogP) is 3.24. The molecule has 120 valence electrons. The molecule has 0 aliphatic heterocycles. The number of hydrogen-bond donors (Lipinski definition) is 1. The van der Waals surface area contributed by atoms with Crippen LogP contribution in [-0.4, -0.2) is 38.7 Å². The monoisotopic (exact) mass is 373 g/mol. The lowest BCUT2D eigenvalue weighted by atomic mass is 10.1. The summed E-state index contributed by atoms with van der Waals surface area (Å²) in [6, 6.07) is 4.72. The summed E-state index contributed by atoms with van der Waals surface area (Å²) in [5.41, 5.74) is 6.57. The van der Waals surface area contributed by atoms with Gasteiger partial charge in [0.25, 0.3) is 0 Å². The summed E-state index contributed by atoms with van der Waals surface area (Å²) < 4.78 is 59.5. The van der Waals surface area contributed by atoms with E-state index in [0.29, 0.717) is 12.2 Å². The fraction of sp³-hybridized carbons (Fsp3) is 0.538. The molecule has 21 heavy (non-hydrogen) atoms. The van der Waals surface area contributed by atoms with E-state index in [0.717, 1.165) is 10.0 Å². The van der Waals surface area contributed by atoms with Gasteiger partial charge in [-0.3, -0.25) is 0 Å². The standard InChI is InChI=1S/C13H16BrF4NO2/c1-20-11-3-2-8(5-10(11)14)4-9(19)6-21-7-13(17,18)12(15)16/h2-3,5,9,12H,4,6-7,19H2,1H3. The Morgan fingerprint density at radius 2 is 2.00 bits per heavy atom. The van der Waals surface area contributed by atoms with E-state index in [4.69, 9.17) is 10.5 Å². The van der Waals surface area contributed by atoms with Crippen LogP contribution in [0.3, 0.4) is 0 Å². The summed E-state index contributed by atoms with van der Waals surface area (Å²) in [6.07, 6.45) is -3.38. The topological polar surface area (TPSA) is 44.5 Å². The summed E-state index contributed by atoms with van der Waals surface area (Å²) in [7, 11) is 1.53.